The van der Waals surface area contributed by atoms with Crippen molar-refractivity contribution in [2.75, 3.05) is 12.3 Å². The predicted molar refractivity (Wildman–Crippen MR) is 121 cm³/mol. The molecule has 0 spiro atoms. The van der Waals surface area contributed by atoms with Crippen LogP contribution in [0.25, 0.3) is 0 Å². The number of aryl methyl sites for hydroxylation is 1. The van der Waals surface area contributed by atoms with Gasteiger partial charge in [0.2, 0.25) is 0 Å². The standard InChI is InChI=1S/C24H23ClN2O4/c1-15-12-17(14-22(28)29)13-21(26)23(15)31-20-8-4-18(5-9-20)24(30)27-11-10-16-2-6-19(25)7-3-16/h2-9,12-13H,10-11,14,26H2,1H3,(H,27,30)(H,28,29). The van der Waals surface area contributed by atoms with Gasteiger partial charge in [-0.25, -0.2) is 0 Å². The molecule has 0 saturated carbocycles. The van der Waals surface area contributed by atoms with Crippen molar-refractivity contribution in [3.63, 3.8) is 0 Å². The van der Waals surface area contributed by atoms with Gasteiger partial charge in [0.05, 0.1) is 12.1 Å². The molecule has 0 bridgehead atoms. The number of hydrogen-bond donors (Lipinski definition) is 3. The summed E-state index contributed by atoms with van der Waals surface area (Å²) >= 11 is 5.87. The summed E-state index contributed by atoms with van der Waals surface area (Å²) in [6.45, 7) is 2.32. The number of amides is 1. The smallest absolute Gasteiger partial charge is 0.307 e. The van der Waals surface area contributed by atoms with Crippen LogP contribution in [0, 0.1) is 6.92 Å². The van der Waals surface area contributed by atoms with Gasteiger partial charge in [0, 0.05) is 17.1 Å². The maximum atomic E-state index is 12.4. The van der Waals surface area contributed by atoms with Gasteiger partial charge in [-0.15, -0.1) is 0 Å². The quantitative estimate of drug-likeness (QED) is 0.445. The van der Waals surface area contributed by atoms with Crippen molar-refractivity contribution < 1.29 is 19.4 Å². The van der Waals surface area contributed by atoms with E-state index >= 15 is 0 Å². The molecule has 3 rings (SSSR count). The molecule has 6 nitrogen and oxygen atoms in total. The Morgan fingerprint density at radius 3 is 2.32 bits per heavy atom. The maximum absolute atomic E-state index is 12.4. The second kappa shape index (κ2) is 10.00. The summed E-state index contributed by atoms with van der Waals surface area (Å²) in [4.78, 5) is 23.2. The van der Waals surface area contributed by atoms with E-state index in [0.29, 0.717) is 46.3 Å². The first-order chi connectivity index (χ1) is 14.8. The minimum absolute atomic E-state index is 0.104. The zero-order chi connectivity index (χ0) is 22.4. The lowest BCUT2D eigenvalue weighted by atomic mass is 10.1. The highest BCUT2D eigenvalue weighted by atomic mass is 35.5. The Hall–Kier alpha value is -3.51. The number of aliphatic carboxylic acids is 1. The number of benzene rings is 3. The van der Waals surface area contributed by atoms with E-state index in [1.807, 2.05) is 24.3 Å². The zero-order valence-electron chi connectivity index (χ0n) is 17.0. The maximum Gasteiger partial charge on any atom is 0.307 e. The van der Waals surface area contributed by atoms with Crippen LogP contribution in [0.1, 0.15) is 27.0 Å². The molecule has 7 heteroatoms. The lowest BCUT2D eigenvalue weighted by molar-refractivity contribution is -0.136. The van der Waals surface area contributed by atoms with Gasteiger partial charge < -0.3 is 20.9 Å². The van der Waals surface area contributed by atoms with Gasteiger partial charge in [-0.1, -0.05) is 29.8 Å². The van der Waals surface area contributed by atoms with Crippen molar-refractivity contribution >= 4 is 29.2 Å². The molecule has 3 aromatic carbocycles. The van der Waals surface area contributed by atoms with Crippen LogP contribution in [0.4, 0.5) is 5.69 Å². The van der Waals surface area contributed by atoms with E-state index in [1.165, 1.54) is 0 Å². The summed E-state index contributed by atoms with van der Waals surface area (Å²) < 4.78 is 5.87. The Morgan fingerprint density at radius 2 is 1.71 bits per heavy atom. The number of ether oxygens (including phenoxy) is 1. The monoisotopic (exact) mass is 438 g/mol. The predicted octanol–water partition coefficient (Wildman–Crippen LogP) is 4.62. The van der Waals surface area contributed by atoms with Gasteiger partial charge in [0.15, 0.2) is 5.75 Å². The van der Waals surface area contributed by atoms with Crippen LogP contribution in [0.5, 0.6) is 11.5 Å². The summed E-state index contributed by atoms with van der Waals surface area (Å²) in [5.74, 6) is -0.100. The van der Waals surface area contributed by atoms with E-state index in [1.54, 1.807) is 43.3 Å². The highest BCUT2D eigenvalue weighted by Crippen LogP contribution is 2.32. The Kier molecular flexibility index (Phi) is 7.15. The molecule has 0 aliphatic heterocycles. The summed E-state index contributed by atoms with van der Waals surface area (Å²) in [7, 11) is 0. The fourth-order valence-corrected chi connectivity index (χ4v) is 3.29. The minimum Gasteiger partial charge on any atom is -0.481 e. The Labute approximate surface area is 185 Å². The van der Waals surface area contributed by atoms with Crippen LogP contribution in [0.15, 0.2) is 60.7 Å². The molecule has 160 valence electrons. The van der Waals surface area contributed by atoms with Gasteiger partial charge in [-0.05, 0) is 72.5 Å². The number of rotatable bonds is 8. The van der Waals surface area contributed by atoms with Crippen LogP contribution in [-0.4, -0.2) is 23.5 Å². The Morgan fingerprint density at radius 1 is 1.03 bits per heavy atom. The summed E-state index contributed by atoms with van der Waals surface area (Å²) in [6, 6.07) is 17.6. The van der Waals surface area contributed by atoms with Crippen molar-refractivity contribution in [3.05, 3.63) is 87.9 Å². The normalized spacial score (nSPS) is 10.5. The number of carbonyl (C=O) groups is 2. The summed E-state index contributed by atoms with van der Waals surface area (Å²) in [5.41, 5.74) is 9.37. The van der Waals surface area contributed by atoms with Crippen LogP contribution in [-0.2, 0) is 17.6 Å². The third kappa shape index (κ3) is 6.23. The fraction of sp³-hybridized carbons (Fsp3) is 0.167. The largest absolute Gasteiger partial charge is 0.481 e. The number of halogens is 1. The van der Waals surface area contributed by atoms with Gasteiger partial charge >= 0.3 is 5.97 Å². The second-order valence-corrected chi connectivity index (χ2v) is 7.60. The van der Waals surface area contributed by atoms with Crippen molar-refractivity contribution in [2.45, 2.75) is 19.8 Å². The molecule has 0 saturated heterocycles. The number of nitrogen functional groups attached to an aromatic ring is 1. The van der Waals surface area contributed by atoms with Crippen molar-refractivity contribution in [1.82, 2.24) is 5.32 Å². The van der Waals surface area contributed by atoms with Crippen molar-refractivity contribution in [2.24, 2.45) is 0 Å². The highest BCUT2D eigenvalue weighted by Gasteiger charge is 2.11. The first-order valence-electron chi connectivity index (χ1n) is 9.73. The lowest BCUT2D eigenvalue weighted by Gasteiger charge is -2.13. The van der Waals surface area contributed by atoms with E-state index < -0.39 is 5.97 Å². The van der Waals surface area contributed by atoms with Gasteiger partial charge in [0.25, 0.3) is 5.91 Å². The SMILES string of the molecule is Cc1cc(CC(=O)O)cc(N)c1Oc1ccc(C(=O)NCCc2ccc(Cl)cc2)cc1. The van der Waals surface area contributed by atoms with E-state index in [4.69, 9.17) is 27.2 Å². The third-order valence-corrected chi connectivity index (χ3v) is 4.92. The number of nitrogens with two attached hydrogens (primary N) is 1. The topological polar surface area (TPSA) is 102 Å². The van der Waals surface area contributed by atoms with Crippen LogP contribution in [0.2, 0.25) is 5.02 Å². The number of carboxylic acid groups (broad SMARTS) is 1. The average Bonchev–Trinajstić information content (AvgIpc) is 2.72. The molecule has 0 aliphatic rings. The minimum atomic E-state index is -0.922. The Balaban J connectivity index is 1.59. The molecule has 0 atom stereocenters. The van der Waals surface area contributed by atoms with Crippen LogP contribution in [0.3, 0.4) is 0 Å². The number of hydrogen-bond acceptors (Lipinski definition) is 4. The summed E-state index contributed by atoms with van der Waals surface area (Å²) in [6.07, 6.45) is 0.605. The van der Waals surface area contributed by atoms with Crippen LogP contribution >= 0.6 is 11.6 Å². The van der Waals surface area contributed by atoms with Gasteiger partial charge in [0.1, 0.15) is 5.75 Å². The van der Waals surface area contributed by atoms with E-state index in [9.17, 15) is 9.59 Å². The first kappa shape index (κ1) is 22.2. The zero-order valence-corrected chi connectivity index (χ0v) is 17.8. The average molecular weight is 439 g/mol. The van der Waals surface area contributed by atoms with Crippen molar-refractivity contribution in [3.8, 4) is 11.5 Å². The Bertz CT molecular complexity index is 1060. The number of carbonyl (C=O) groups excluding carboxylic acids is 1. The number of carboxylic acids is 1. The molecule has 0 heterocycles. The highest BCUT2D eigenvalue weighted by molar-refractivity contribution is 6.30. The van der Waals surface area contributed by atoms with E-state index in [-0.39, 0.29) is 12.3 Å². The first-order valence-corrected chi connectivity index (χ1v) is 10.1. The molecular weight excluding hydrogens is 416 g/mol. The van der Waals surface area contributed by atoms with E-state index in [2.05, 4.69) is 5.32 Å². The molecule has 0 unspecified atom stereocenters. The third-order valence-electron chi connectivity index (χ3n) is 4.67. The molecule has 3 aromatic rings. The fourth-order valence-electron chi connectivity index (χ4n) is 3.16. The number of anilines is 1. The number of nitrogens with one attached hydrogen (secondary N) is 1. The van der Waals surface area contributed by atoms with Gasteiger partial charge in [-0.3, -0.25) is 9.59 Å². The summed E-state index contributed by atoms with van der Waals surface area (Å²) in [5, 5.41) is 12.5. The molecule has 31 heavy (non-hydrogen) atoms. The molecule has 0 radical (unpaired) electrons. The second-order valence-electron chi connectivity index (χ2n) is 7.16. The molecule has 0 aliphatic carbocycles. The van der Waals surface area contributed by atoms with Gasteiger partial charge in [-0.2, -0.15) is 0 Å². The van der Waals surface area contributed by atoms with E-state index in [0.717, 1.165) is 11.1 Å². The molecule has 0 aromatic heterocycles. The molecular formula is C24H23ClN2O4. The lowest BCUT2D eigenvalue weighted by Crippen LogP contribution is -2.25. The molecule has 1 amide bonds. The molecule has 0 fully saturated rings. The van der Waals surface area contributed by atoms with Crippen molar-refractivity contribution in [1.29, 1.82) is 0 Å². The molecule has 4 N–H and O–H groups in total. The van der Waals surface area contributed by atoms with Crippen LogP contribution < -0.4 is 15.8 Å².